The third-order valence-electron chi connectivity index (χ3n) is 5.13. The largest absolute Gasteiger partial charge is 0.356 e. The van der Waals surface area contributed by atoms with E-state index in [0.717, 1.165) is 37.3 Å². The van der Waals surface area contributed by atoms with Gasteiger partial charge in [-0.15, -0.1) is 0 Å². The fraction of sp³-hybridized carbons (Fsp3) is 0.619. The molecule has 0 bridgehead atoms. The van der Waals surface area contributed by atoms with E-state index < -0.39 is 11.6 Å². The quantitative estimate of drug-likeness (QED) is 0.512. The summed E-state index contributed by atoms with van der Waals surface area (Å²) >= 11 is 0. The maximum atomic E-state index is 13.4. The Balaban J connectivity index is 1.86. The van der Waals surface area contributed by atoms with Gasteiger partial charge < -0.3 is 16.0 Å². The fourth-order valence-electron chi connectivity index (χ4n) is 3.54. The van der Waals surface area contributed by atoms with Crippen molar-refractivity contribution in [1.29, 1.82) is 0 Å². The molecule has 0 aliphatic heterocycles. The van der Waals surface area contributed by atoms with Gasteiger partial charge in [-0.05, 0) is 56.7 Å². The average Bonchev–Trinajstić information content (AvgIpc) is 2.66. The van der Waals surface area contributed by atoms with Gasteiger partial charge in [0.1, 0.15) is 0 Å². The van der Waals surface area contributed by atoms with Gasteiger partial charge in [0.2, 0.25) is 5.91 Å². The van der Waals surface area contributed by atoms with Crippen molar-refractivity contribution in [3.05, 3.63) is 35.4 Å². The first-order chi connectivity index (χ1) is 13.3. The lowest BCUT2D eigenvalue weighted by atomic mass is 9.85. The summed E-state index contributed by atoms with van der Waals surface area (Å²) in [5, 5.41) is 9.64. The number of aliphatic imine (C=N–C) groups is 1. The van der Waals surface area contributed by atoms with Crippen molar-refractivity contribution in [2.24, 2.45) is 10.9 Å². The van der Waals surface area contributed by atoms with Gasteiger partial charge >= 0.3 is 0 Å². The highest BCUT2D eigenvalue weighted by atomic mass is 19.2. The maximum Gasteiger partial charge on any atom is 0.223 e. The number of carbonyl (C=O) groups excluding carboxylic acids is 1. The third kappa shape index (κ3) is 6.46. The summed E-state index contributed by atoms with van der Waals surface area (Å²) in [6, 6.07) is 4.31. The van der Waals surface area contributed by atoms with Crippen LogP contribution in [0.2, 0.25) is 0 Å². The number of amides is 1. The number of nitrogens with one attached hydrogen (secondary N) is 3. The first-order valence-corrected chi connectivity index (χ1v) is 10.0. The SMILES string of the molecule is CN=C(NCC(C)c1ccc(F)c(F)c1)NC1CCCC(C(=O)NC(C)C)C1. The van der Waals surface area contributed by atoms with E-state index in [2.05, 4.69) is 20.9 Å². The molecule has 0 heterocycles. The number of guanidine groups is 1. The van der Waals surface area contributed by atoms with Crippen LogP contribution in [0.4, 0.5) is 8.78 Å². The van der Waals surface area contributed by atoms with Crippen LogP contribution < -0.4 is 16.0 Å². The molecule has 1 saturated carbocycles. The van der Waals surface area contributed by atoms with E-state index in [9.17, 15) is 13.6 Å². The van der Waals surface area contributed by atoms with Gasteiger partial charge in [0.15, 0.2) is 17.6 Å². The van der Waals surface area contributed by atoms with Crippen molar-refractivity contribution in [2.75, 3.05) is 13.6 Å². The van der Waals surface area contributed by atoms with E-state index in [4.69, 9.17) is 0 Å². The zero-order chi connectivity index (χ0) is 20.7. The normalized spacial score (nSPS) is 21.3. The summed E-state index contributed by atoms with van der Waals surface area (Å²) in [7, 11) is 1.70. The fourth-order valence-corrected chi connectivity index (χ4v) is 3.54. The highest BCUT2D eigenvalue weighted by Gasteiger charge is 2.28. The van der Waals surface area contributed by atoms with Gasteiger partial charge in [0.05, 0.1) is 0 Å². The van der Waals surface area contributed by atoms with Crippen LogP contribution in [0.1, 0.15) is 57.9 Å². The molecule has 5 nitrogen and oxygen atoms in total. The number of benzene rings is 1. The molecule has 0 aromatic heterocycles. The van der Waals surface area contributed by atoms with Crippen LogP contribution in [0.3, 0.4) is 0 Å². The van der Waals surface area contributed by atoms with Crippen molar-refractivity contribution in [1.82, 2.24) is 16.0 Å². The molecule has 3 N–H and O–H groups in total. The molecule has 1 aliphatic rings. The van der Waals surface area contributed by atoms with Crippen molar-refractivity contribution in [2.45, 2.75) is 64.5 Å². The number of hydrogen-bond donors (Lipinski definition) is 3. The highest BCUT2D eigenvalue weighted by Crippen LogP contribution is 2.24. The van der Waals surface area contributed by atoms with E-state index in [1.54, 1.807) is 13.1 Å². The van der Waals surface area contributed by atoms with E-state index in [0.29, 0.717) is 12.5 Å². The van der Waals surface area contributed by atoms with Crippen molar-refractivity contribution >= 4 is 11.9 Å². The van der Waals surface area contributed by atoms with Crippen LogP contribution in [0.15, 0.2) is 23.2 Å². The monoisotopic (exact) mass is 394 g/mol. The van der Waals surface area contributed by atoms with Gasteiger partial charge in [-0.25, -0.2) is 8.78 Å². The third-order valence-corrected chi connectivity index (χ3v) is 5.13. The molecule has 1 fully saturated rings. The van der Waals surface area contributed by atoms with Crippen LogP contribution in [-0.4, -0.2) is 37.5 Å². The van der Waals surface area contributed by atoms with E-state index in [1.165, 1.54) is 6.07 Å². The van der Waals surface area contributed by atoms with Crippen molar-refractivity contribution in [3.8, 4) is 0 Å². The number of hydrogen-bond acceptors (Lipinski definition) is 2. The Kier molecular flexibility index (Phi) is 8.20. The van der Waals surface area contributed by atoms with Gasteiger partial charge in [-0.3, -0.25) is 9.79 Å². The lowest BCUT2D eigenvalue weighted by molar-refractivity contribution is -0.126. The Bertz CT molecular complexity index is 693. The molecule has 1 aliphatic carbocycles. The predicted octanol–water partition coefficient (Wildman–Crippen LogP) is 3.32. The summed E-state index contributed by atoms with van der Waals surface area (Å²) in [5.74, 6) is -0.882. The highest BCUT2D eigenvalue weighted by molar-refractivity contribution is 5.81. The smallest absolute Gasteiger partial charge is 0.223 e. The molecule has 1 aromatic rings. The van der Waals surface area contributed by atoms with Gasteiger partial charge in [-0.1, -0.05) is 19.4 Å². The lowest BCUT2D eigenvalue weighted by Crippen LogP contribution is -2.48. The van der Waals surface area contributed by atoms with Crippen molar-refractivity contribution < 1.29 is 13.6 Å². The Morgan fingerprint density at radius 2 is 1.96 bits per heavy atom. The minimum atomic E-state index is -0.838. The minimum absolute atomic E-state index is 0.00965. The van der Waals surface area contributed by atoms with Gasteiger partial charge in [-0.2, -0.15) is 0 Å². The molecule has 156 valence electrons. The Morgan fingerprint density at radius 3 is 2.61 bits per heavy atom. The first-order valence-electron chi connectivity index (χ1n) is 10.0. The average molecular weight is 395 g/mol. The molecule has 3 unspecified atom stereocenters. The molecular weight excluding hydrogens is 362 g/mol. The molecule has 0 spiro atoms. The number of rotatable bonds is 6. The molecule has 1 aromatic carbocycles. The second kappa shape index (κ2) is 10.4. The standard InChI is InChI=1S/C21H32F2N4O/c1-13(2)26-20(28)16-6-5-7-17(10-16)27-21(24-4)25-12-14(3)15-8-9-18(22)19(23)11-15/h8-9,11,13-14,16-17H,5-7,10,12H2,1-4H3,(H,26,28)(H2,24,25,27). The molecule has 2 rings (SSSR count). The topological polar surface area (TPSA) is 65.5 Å². The zero-order valence-electron chi connectivity index (χ0n) is 17.2. The summed E-state index contributed by atoms with van der Waals surface area (Å²) < 4.78 is 26.5. The zero-order valence-corrected chi connectivity index (χ0v) is 17.2. The van der Waals surface area contributed by atoms with Crippen LogP contribution >= 0.6 is 0 Å². The summed E-state index contributed by atoms with van der Waals surface area (Å²) in [6.07, 6.45) is 3.68. The maximum absolute atomic E-state index is 13.4. The number of carbonyl (C=O) groups is 1. The van der Waals surface area contributed by atoms with E-state index in [-0.39, 0.29) is 29.8 Å². The summed E-state index contributed by atoms with van der Waals surface area (Å²) in [5.41, 5.74) is 0.727. The number of halogens is 2. The van der Waals surface area contributed by atoms with Crippen LogP contribution in [0.25, 0.3) is 0 Å². The first kappa shape index (κ1) is 22.1. The van der Waals surface area contributed by atoms with Crippen LogP contribution in [0.5, 0.6) is 0 Å². The molecular formula is C21H32F2N4O. The second-order valence-electron chi connectivity index (χ2n) is 7.90. The van der Waals surface area contributed by atoms with Gasteiger partial charge in [0, 0.05) is 31.6 Å². The summed E-state index contributed by atoms with van der Waals surface area (Å²) in [4.78, 5) is 16.5. The lowest BCUT2D eigenvalue weighted by Gasteiger charge is -2.30. The second-order valence-corrected chi connectivity index (χ2v) is 7.90. The molecule has 28 heavy (non-hydrogen) atoms. The van der Waals surface area contributed by atoms with Crippen LogP contribution in [0, 0.1) is 17.6 Å². The Morgan fingerprint density at radius 1 is 1.21 bits per heavy atom. The summed E-state index contributed by atoms with van der Waals surface area (Å²) in [6.45, 7) is 6.42. The molecule has 7 heteroatoms. The van der Waals surface area contributed by atoms with E-state index in [1.807, 2.05) is 20.8 Å². The van der Waals surface area contributed by atoms with Gasteiger partial charge in [0.25, 0.3) is 0 Å². The molecule has 0 saturated heterocycles. The molecule has 0 radical (unpaired) electrons. The number of nitrogens with zero attached hydrogens (tertiary/aromatic N) is 1. The Hall–Kier alpha value is -2.18. The predicted molar refractivity (Wildman–Crippen MR) is 108 cm³/mol. The Labute approximate surface area is 166 Å². The van der Waals surface area contributed by atoms with Crippen molar-refractivity contribution in [3.63, 3.8) is 0 Å². The minimum Gasteiger partial charge on any atom is -0.356 e. The molecule has 1 amide bonds. The van der Waals surface area contributed by atoms with Crippen LogP contribution in [-0.2, 0) is 4.79 Å². The van der Waals surface area contributed by atoms with E-state index >= 15 is 0 Å². The molecule has 3 atom stereocenters.